The number of carbonyl (C=O) groups excluding carboxylic acids is 1. The number of nitrogens with one attached hydrogen (secondary N) is 2. The molecule has 1 fully saturated rings. The molecule has 114 valence electrons. The Bertz CT molecular complexity index is 606. The van der Waals surface area contributed by atoms with Gasteiger partial charge in [0, 0.05) is 37.7 Å². The van der Waals surface area contributed by atoms with E-state index < -0.39 is 0 Å². The molecular formula is C15H18N6O. The van der Waals surface area contributed by atoms with Crippen molar-refractivity contribution >= 4 is 17.8 Å². The average Bonchev–Trinajstić information content (AvgIpc) is 2.57. The van der Waals surface area contributed by atoms with Gasteiger partial charge in [-0.3, -0.25) is 5.32 Å². The number of piperidine rings is 1. The van der Waals surface area contributed by atoms with Gasteiger partial charge in [-0.05, 0) is 31.0 Å². The molecule has 1 aliphatic heterocycles. The highest BCUT2D eigenvalue weighted by atomic mass is 16.2. The van der Waals surface area contributed by atoms with Crippen LogP contribution in [0.15, 0.2) is 42.9 Å². The minimum Gasteiger partial charge on any atom is -0.339 e. The summed E-state index contributed by atoms with van der Waals surface area (Å²) in [6.45, 7) is 1.61. The highest BCUT2D eigenvalue weighted by Crippen LogP contribution is 2.15. The second kappa shape index (κ2) is 6.84. The van der Waals surface area contributed by atoms with Gasteiger partial charge in [-0.2, -0.15) is 0 Å². The van der Waals surface area contributed by atoms with E-state index in [1.165, 1.54) is 0 Å². The lowest BCUT2D eigenvalue weighted by atomic mass is 10.1. The van der Waals surface area contributed by atoms with Gasteiger partial charge in [0.1, 0.15) is 5.82 Å². The Balaban J connectivity index is 1.55. The predicted octanol–water partition coefficient (Wildman–Crippen LogP) is 1.66. The van der Waals surface area contributed by atoms with E-state index in [1.807, 2.05) is 12.1 Å². The van der Waals surface area contributed by atoms with Crippen LogP contribution in [0.4, 0.5) is 16.6 Å². The first-order valence-electron chi connectivity index (χ1n) is 7.32. The van der Waals surface area contributed by atoms with E-state index in [-0.39, 0.29) is 12.1 Å². The van der Waals surface area contributed by atoms with Gasteiger partial charge >= 0.3 is 6.03 Å². The zero-order valence-corrected chi connectivity index (χ0v) is 12.1. The molecule has 2 amide bonds. The molecule has 2 aromatic rings. The number of hydrogen-bond acceptors (Lipinski definition) is 5. The summed E-state index contributed by atoms with van der Waals surface area (Å²) in [6.07, 6.45) is 7.04. The normalized spacial score (nSPS) is 17.8. The molecule has 0 saturated carbocycles. The number of carbonyl (C=O) groups is 1. The van der Waals surface area contributed by atoms with Crippen molar-refractivity contribution in [2.24, 2.45) is 0 Å². The van der Waals surface area contributed by atoms with E-state index in [0.717, 1.165) is 19.4 Å². The third-order valence-corrected chi connectivity index (χ3v) is 3.50. The minimum absolute atomic E-state index is 0.0706. The number of amides is 2. The summed E-state index contributed by atoms with van der Waals surface area (Å²) in [7, 11) is 0. The second-order valence-electron chi connectivity index (χ2n) is 5.15. The van der Waals surface area contributed by atoms with Gasteiger partial charge in [0.2, 0.25) is 5.95 Å². The zero-order valence-electron chi connectivity index (χ0n) is 12.1. The van der Waals surface area contributed by atoms with Gasteiger partial charge in [0.15, 0.2) is 0 Å². The second-order valence-corrected chi connectivity index (χ2v) is 5.15. The Hall–Kier alpha value is -2.70. The smallest absolute Gasteiger partial charge is 0.320 e. The molecule has 0 radical (unpaired) electrons. The largest absolute Gasteiger partial charge is 0.339 e. The average molecular weight is 298 g/mol. The molecule has 1 saturated heterocycles. The fourth-order valence-electron chi connectivity index (χ4n) is 2.51. The van der Waals surface area contributed by atoms with Crippen molar-refractivity contribution in [1.82, 2.24) is 20.3 Å². The molecule has 0 aromatic carbocycles. The fraction of sp³-hybridized carbons (Fsp3) is 0.333. The van der Waals surface area contributed by atoms with Crippen molar-refractivity contribution in [3.05, 3.63) is 42.9 Å². The SMILES string of the molecule is O=C(Nc1ccccn1)NC1CCCN(c2ncccn2)C1. The van der Waals surface area contributed by atoms with Gasteiger partial charge in [-0.15, -0.1) is 0 Å². The van der Waals surface area contributed by atoms with Crippen molar-refractivity contribution < 1.29 is 4.79 Å². The summed E-state index contributed by atoms with van der Waals surface area (Å²) in [6, 6.07) is 7.02. The van der Waals surface area contributed by atoms with Gasteiger partial charge in [-0.1, -0.05) is 6.07 Å². The molecule has 1 unspecified atom stereocenters. The van der Waals surface area contributed by atoms with Crippen LogP contribution in [0.2, 0.25) is 0 Å². The maximum absolute atomic E-state index is 12.0. The molecule has 2 aromatic heterocycles. The van der Waals surface area contributed by atoms with Gasteiger partial charge in [0.25, 0.3) is 0 Å². The summed E-state index contributed by atoms with van der Waals surface area (Å²) >= 11 is 0. The first-order valence-corrected chi connectivity index (χ1v) is 7.32. The Labute approximate surface area is 128 Å². The molecule has 2 N–H and O–H groups in total. The Kier molecular flexibility index (Phi) is 4.43. The van der Waals surface area contributed by atoms with Crippen LogP contribution >= 0.6 is 0 Å². The van der Waals surface area contributed by atoms with Crippen LogP contribution in [0.1, 0.15) is 12.8 Å². The van der Waals surface area contributed by atoms with Crippen molar-refractivity contribution in [2.75, 3.05) is 23.3 Å². The van der Waals surface area contributed by atoms with Crippen LogP contribution in [0.5, 0.6) is 0 Å². The van der Waals surface area contributed by atoms with E-state index in [9.17, 15) is 4.79 Å². The molecule has 1 atom stereocenters. The predicted molar refractivity (Wildman–Crippen MR) is 83.7 cm³/mol. The topological polar surface area (TPSA) is 83.0 Å². The van der Waals surface area contributed by atoms with Gasteiger partial charge in [-0.25, -0.2) is 19.7 Å². The monoisotopic (exact) mass is 298 g/mol. The lowest BCUT2D eigenvalue weighted by Gasteiger charge is -2.33. The molecule has 7 heteroatoms. The number of nitrogens with zero attached hydrogens (tertiary/aromatic N) is 4. The van der Waals surface area contributed by atoms with Crippen LogP contribution in [0.3, 0.4) is 0 Å². The van der Waals surface area contributed by atoms with E-state index in [4.69, 9.17) is 0 Å². The molecule has 0 spiro atoms. The van der Waals surface area contributed by atoms with Crippen molar-refractivity contribution in [3.8, 4) is 0 Å². The zero-order chi connectivity index (χ0) is 15.2. The first kappa shape index (κ1) is 14.2. The lowest BCUT2D eigenvalue weighted by Crippen LogP contribution is -2.49. The van der Waals surface area contributed by atoms with E-state index in [0.29, 0.717) is 18.3 Å². The summed E-state index contributed by atoms with van der Waals surface area (Å²) in [4.78, 5) is 26.7. The van der Waals surface area contributed by atoms with Crippen LogP contribution < -0.4 is 15.5 Å². The summed E-state index contributed by atoms with van der Waals surface area (Å²) < 4.78 is 0. The van der Waals surface area contributed by atoms with Crippen molar-refractivity contribution in [1.29, 1.82) is 0 Å². The van der Waals surface area contributed by atoms with Gasteiger partial charge < -0.3 is 10.2 Å². The number of hydrogen-bond donors (Lipinski definition) is 2. The third kappa shape index (κ3) is 3.69. The highest BCUT2D eigenvalue weighted by Gasteiger charge is 2.22. The van der Waals surface area contributed by atoms with Crippen LogP contribution in [-0.4, -0.2) is 40.1 Å². The standard InChI is InChI=1S/C15H18N6O/c22-15(20-13-6-1-2-7-16-13)19-12-5-3-10-21(11-12)14-17-8-4-9-18-14/h1-2,4,6-9,12H,3,5,10-11H2,(H2,16,19,20,22). The Morgan fingerprint density at radius 2 is 1.95 bits per heavy atom. The van der Waals surface area contributed by atoms with Crippen LogP contribution in [0, 0.1) is 0 Å². The highest BCUT2D eigenvalue weighted by molar-refractivity contribution is 5.88. The van der Waals surface area contributed by atoms with Crippen LogP contribution in [0.25, 0.3) is 0 Å². The molecule has 3 rings (SSSR count). The Morgan fingerprint density at radius 1 is 1.14 bits per heavy atom. The summed E-state index contributed by atoms with van der Waals surface area (Å²) in [5, 5.41) is 5.71. The molecule has 7 nitrogen and oxygen atoms in total. The van der Waals surface area contributed by atoms with E-state index >= 15 is 0 Å². The fourth-order valence-corrected chi connectivity index (χ4v) is 2.51. The van der Waals surface area contributed by atoms with Crippen LogP contribution in [-0.2, 0) is 0 Å². The lowest BCUT2D eigenvalue weighted by molar-refractivity contribution is 0.246. The van der Waals surface area contributed by atoms with E-state index in [1.54, 1.807) is 30.7 Å². The van der Waals surface area contributed by atoms with Gasteiger partial charge in [0.05, 0.1) is 0 Å². The molecule has 0 aliphatic carbocycles. The maximum atomic E-state index is 12.0. The Morgan fingerprint density at radius 3 is 2.73 bits per heavy atom. The number of aromatic nitrogens is 3. The van der Waals surface area contributed by atoms with Crippen molar-refractivity contribution in [3.63, 3.8) is 0 Å². The number of urea groups is 1. The quantitative estimate of drug-likeness (QED) is 0.900. The minimum atomic E-state index is -0.237. The molecule has 0 bridgehead atoms. The summed E-state index contributed by atoms with van der Waals surface area (Å²) in [5.74, 6) is 1.25. The maximum Gasteiger partial charge on any atom is 0.320 e. The molecule has 1 aliphatic rings. The van der Waals surface area contributed by atoms with Crippen molar-refractivity contribution in [2.45, 2.75) is 18.9 Å². The number of pyridine rings is 1. The molecular weight excluding hydrogens is 280 g/mol. The number of rotatable bonds is 3. The third-order valence-electron chi connectivity index (χ3n) is 3.50. The molecule has 3 heterocycles. The van der Waals surface area contributed by atoms with E-state index in [2.05, 4.69) is 30.5 Å². The summed E-state index contributed by atoms with van der Waals surface area (Å²) in [5.41, 5.74) is 0. The number of anilines is 2. The first-order chi connectivity index (χ1) is 10.8. The molecule has 22 heavy (non-hydrogen) atoms.